The van der Waals surface area contributed by atoms with Gasteiger partial charge in [-0.05, 0) is 47.9 Å². The van der Waals surface area contributed by atoms with Gasteiger partial charge in [0.2, 0.25) is 0 Å². The SMILES string of the molecule is COc1ccc(C(=O)Oc2ccc3c(C(C)C)cc(=O)oc3c2)cc1. The van der Waals surface area contributed by atoms with Crippen molar-refractivity contribution in [2.45, 2.75) is 19.8 Å². The van der Waals surface area contributed by atoms with E-state index in [1.807, 2.05) is 13.8 Å². The van der Waals surface area contributed by atoms with Gasteiger partial charge >= 0.3 is 11.6 Å². The molecule has 0 amide bonds. The summed E-state index contributed by atoms with van der Waals surface area (Å²) < 4.78 is 15.7. The minimum atomic E-state index is -0.496. The predicted octanol–water partition coefficient (Wildman–Crippen LogP) is 4.14. The molecule has 0 saturated carbocycles. The van der Waals surface area contributed by atoms with Crippen molar-refractivity contribution >= 4 is 16.9 Å². The molecular weight excluding hydrogens is 320 g/mol. The van der Waals surface area contributed by atoms with E-state index in [1.54, 1.807) is 49.6 Å². The molecule has 0 radical (unpaired) electrons. The van der Waals surface area contributed by atoms with Crippen LogP contribution in [0.25, 0.3) is 11.0 Å². The lowest BCUT2D eigenvalue weighted by molar-refractivity contribution is 0.0735. The number of rotatable bonds is 4. The van der Waals surface area contributed by atoms with Crippen LogP contribution in [0.4, 0.5) is 0 Å². The number of methoxy groups -OCH3 is 1. The van der Waals surface area contributed by atoms with Gasteiger partial charge in [-0.2, -0.15) is 0 Å². The summed E-state index contributed by atoms with van der Waals surface area (Å²) in [4.78, 5) is 24.0. The van der Waals surface area contributed by atoms with E-state index in [0.717, 1.165) is 10.9 Å². The molecule has 0 aliphatic heterocycles. The van der Waals surface area contributed by atoms with Crippen molar-refractivity contribution < 1.29 is 18.7 Å². The average Bonchev–Trinajstić information content (AvgIpc) is 2.60. The number of ether oxygens (including phenoxy) is 2. The highest BCUT2D eigenvalue weighted by Gasteiger charge is 2.13. The van der Waals surface area contributed by atoms with Crippen LogP contribution in [0.1, 0.15) is 35.7 Å². The highest BCUT2D eigenvalue weighted by Crippen LogP contribution is 2.27. The number of hydrogen-bond donors (Lipinski definition) is 0. The largest absolute Gasteiger partial charge is 0.497 e. The van der Waals surface area contributed by atoms with Crippen LogP contribution in [0, 0.1) is 0 Å². The van der Waals surface area contributed by atoms with Crippen molar-refractivity contribution in [1.82, 2.24) is 0 Å². The fourth-order valence-corrected chi connectivity index (χ4v) is 2.60. The van der Waals surface area contributed by atoms with Crippen LogP contribution < -0.4 is 15.1 Å². The lowest BCUT2D eigenvalue weighted by Gasteiger charge is -2.10. The Morgan fingerprint density at radius 1 is 1.00 bits per heavy atom. The highest BCUT2D eigenvalue weighted by molar-refractivity contribution is 5.92. The molecule has 0 aliphatic carbocycles. The first kappa shape index (κ1) is 16.8. The van der Waals surface area contributed by atoms with Gasteiger partial charge < -0.3 is 13.9 Å². The lowest BCUT2D eigenvalue weighted by atomic mass is 10.00. The van der Waals surface area contributed by atoms with E-state index in [9.17, 15) is 9.59 Å². The molecule has 128 valence electrons. The lowest BCUT2D eigenvalue weighted by Crippen LogP contribution is -2.08. The summed E-state index contributed by atoms with van der Waals surface area (Å²) in [5, 5.41) is 0.832. The normalized spacial score (nSPS) is 10.9. The standard InChI is InChI=1S/C20H18O5/c1-12(2)17-11-19(21)25-18-10-15(8-9-16(17)18)24-20(22)13-4-6-14(23-3)7-5-13/h4-12H,1-3H3. The molecular formula is C20H18O5. The first-order valence-corrected chi connectivity index (χ1v) is 7.92. The molecule has 0 aliphatic rings. The third kappa shape index (κ3) is 3.55. The molecule has 25 heavy (non-hydrogen) atoms. The Morgan fingerprint density at radius 3 is 2.32 bits per heavy atom. The maximum atomic E-state index is 12.2. The number of carbonyl (C=O) groups excluding carboxylic acids is 1. The Hall–Kier alpha value is -3.08. The zero-order valence-corrected chi connectivity index (χ0v) is 14.2. The summed E-state index contributed by atoms with van der Waals surface area (Å²) in [5.74, 6) is 0.659. The Labute approximate surface area is 144 Å². The number of carbonyl (C=O) groups is 1. The summed E-state index contributed by atoms with van der Waals surface area (Å²) in [5.41, 5.74) is 1.28. The van der Waals surface area contributed by atoms with Crippen molar-refractivity contribution in [2.24, 2.45) is 0 Å². The van der Waals surface area contributed by atoms with Gasteiger partial charge in [-0.25, -0.2) is 9.59 Å². The summed E-state index contributed by atoms with van der Waals surface area (Å²) in [7, 11) is 1.56. The van der Waals surface area contributed by atoms with Gasteiger partial charge in [0.25, 0.3) is 0 Å². The van der Waals surface area contributed by atoms with E-state index in [1.165, 1.54) is 6.07 Å². The van der Waals surface area contributed by atoms with Gasteiger partial charge in [-0.3, -0.25) is 0 Å². The highest BCUT2D eigenvalue weighted by atomic mass is 16.5. The molecule has 1 aromatic heterocycles. The molecule has 0 atom stereocenters. The van der Waals surface area contributed by atoms with Gasteiger partial charge in [0.05, 0.1) is 12.7 Å². The summed E-state index contributed by atoms with van der Waals surface area (Å²) in [6.45, 7) is 4.01. The zero-order valence-electron chi connectivity index (χ0n) is 14.2. The fourth-order valence-electron chi connectivity index (χ4n) is 2.60. The molecule has 1 heterocycles. The van der Waals surface area contributed by atoms with Crippen molar-refractivity contribution in [3.05, 3.63) is 70.1 Å². The molecule has 5 heteroatoms. The molecule has 0 unspecified atom stereocenters. The second-order valence-electron chi connectivity index (χ2n) is 5.95. The van der Waals surface area contributed by atoms with Gasteiger partial charge in [-0.1, -0.05) is 13.8 Å². The third-order valence-electron chi connectivity index (χ3n) is 3.91. The van der Waals surface area contributed by atoms with Gasteiger partial charge in [0, 0.05) is 17.5 Å². The molecule has 0 N–H and O–H groups in total. The quantitative estimate of drug-likeness (QED) is 0.406. The summed E-state index contributed by atoms with van der Waals surface area (Å²) >= 11 is 0. The molecule has 5 nitrogen and oxygen atoms in total. The Balaban J connectivity index is 1.91. The van der Waals surface area contributed by atoms with Crippen LogP contribution in [0.5, 0.6) is 11.5 Å². The van der Waals surface area contributed by atoms with Crippen molar-refractivity contribution in [1.29, 1.82) is 0 Å². The second kappa shape index (κ2) is 6.81. The van der Waals surface area contributed by atoms with Crippen LogP contribution in [0.3, 0.4) is 0 Å². The van der Waals surface area contributed by atoms with Crippen LogP contribution in [-0.4, -0.2) is 13.1 Å². The number of benzene rings is 2. The van der Waals surface area contributed by atoms with Crippen molar-refractivity contribution in [2.75, 3.05) is 7.11 Å². The van der Waals surface area contributed by atoms with Crippen LogP contribution in [0.15, 0.2) is 57.7 Å². The maximum Gasteiger partial charge on any atom is 0.343 e. The minimum Gasteiger partial charge on any atom is -0.497 e. The molecule has 0 spiro atoms. The third-order valence-corrected chi connectivity index (χ3v) is 3.91. The predicted molar refractivity (Wildman–Crippen MR) is 94.5 cm³/mol. The molecule has 3 aromatic rings. The molecule has 3 rings (SSSR count). The van der Waals surface area contributed by atoms with E-state index >= 15 is 0 Å². The smallest absolute Gasteiger partial charge is 0.343 e. The van der Waals surface area contributed by atoms with Crippen LogP contribution >= 0.6 is 0 Å². The minimum absolute atomic E-state index is 0.180. The average molecular weight is 338 g/mol. The number of fused-ring (bicyclic) bond motifs is 1. The van der Waals surface area contributed by atoms with Crippen molar-refractivity contribution in [3.8, 4) is 11.5 Å². The summed E-state index contributed by atoms with van der Waals surface area (Å²) in [6.07, 6.45) is 0. The van der Waals surface area contributed by atoms with E-state index < -0.39 is 11.6 Å². The van der Waals surface area contributed by atoms with E-state index in [0.29, 0.717) is 22.6 Å². The first-order valence-electron chi connectivity index (χ1n) is 7.92. The second-order valence-corrected chi connectivity index (χ2v) is 5.95. The van der Waals surface area contributed by atoms with Crippen molar-refractivity contribution in [3.63, 3.8) is 0 Å². The fraction of sp³-hybridized carbons (Fsp3) is 0.200. The van der Waals surface area contributed by atoms with E-state index in [2.05, 4.69) is 0 Å². The van der Waals surface area contributed by atoms with Gasteiger partial charge in [0.15, 0.2) is 0 Å². The first-order chi connectivity index (χ1) is 12.0. The Kier molecular flexibility index (Phi) is 4.57. The molecule has 0 bridgehead atoms. The van der Waals surface area contributed by atoms with E-state index in [4.69, 9.17) is 13.9 Å². The number of hydrogen-bond acceptors (Lipinski definition) is 5. The molecule has 0 saturated heterocycles. The monoisotopic (exact) mass is 338 g/mol. The van der Waals surface area contributed by atoms with Gasteiger partial charge in [-0.15, -0.1) is 0 Å². The zero-order chi connectivity index (χ0) is 18.0. The summed E-state index contributed by atoms with van der Waals surface area (Å²) in [6, 6.07) is 13.2. The molecule has 0 fully saturated rings. The van der Waals surface area contributed by atoms with Crippen LogP contribution in [0.2, 0.25) is 0 Å². The van der Waals surface area contributed by atoms with E-state index in [-0.39, 0.29) is 5.92 Å². The molecule has 2 aromatic carbocycles. The Morgan fingerprint density at radius 2 is 1.68 bits per heavy atom. The van der Waals surface area contributed by atoms with Crippen LogP contribution in [-0.2, 0) is 0 Å². The maximum absolute atomic E-state index is 12.2. The number of esters is 1. The topological polar surface area (TPSA) is 65.7 Å². The Bertz CT molecular complexity index is 968. The van der Waals surface area contributed by atoms with Gasteiger partial charge in [0.1, 0.15) is 17.1 Å².